The van der Waals surface area contributed by atoms with Crippen molar-refractivity contribution in [1.29, 1.82) is 0 Å². The zero-order chi connectivity index (χ0) is 12.4. The lowest BCUT2D eigenvalue weighted by Crippen LogP contribution is -2.20. The molecule has 1 unspecified atom stereocenters. The molecular weight excluding hydrogens is 285 g/mol. The number of hydrogen-bond acceptors (Lipinski definition) is 2. The molecule has 2 aromatic rings. The first-order valence-corrected chi connectivity index (χ1v) is 6.49. The van der Waals surface area contributed by atoms with Crippen molar-refractivity contribution in [2.75, 3.05) is 6.54 Å². The van der Waals surface area contributed by atoms with Crippen LogP contribution in [-0.4, -0.2) is 16.5 Å². The molecule has 0 saturated carbocycles. The van der Waals surface area contributed by atoms with Crippen LogP contribution in [0, 0.1) is 5.82 Å². The summed E-state index contributed by atoms with van der Waals surface area (Å²) in [5.74, 6) is 0.563. The van der Waals surface area contributed by atoms with E-state index < -0.39 is 0 Å². The number of imidazole rings is 1. The molecular formula is C12H15BrFN3. The van der Waals surface area contributed by atoms with E-state index in [-0.39, 0.29) is 11.9 Å². The second kappa shape index (κ2) is 5.14. The molecule has 0 fully saturated rings. The maximum Gasteiger partial charge on any atom is 0.139 e. The summed E-state index contributed by atoms with van der Waals surface area (Å²) in [6, 6.07) is 3.30. The Labute approximate surface area is 108 Å². The Kier molecular flexibility index (Phi) is 3.79. The van der Waals surface area contributed by atoms with Gasteiger partial charge in [-0.15, -0.1) is 0 Å². The first-order valence-electron chi connectivity index (χ1n) is 5.70. The van der Waals surface area contributed by atoms with Crippen LogP contribution in [0.3, 0.4) is 0 Å². The first kappa shape index (κ1) is 12.5. The number of benzene rings is 1. The summed E-state index contributed by atoms with van der Waals surface area (Å²) >= 11 is 3.16. The second-order valence-corrected chi connectivity index (χ2v) is 4.94. The summed E-state index contributed by atoms with van der Waals surface area (Å²) < 4.78 is 13.8. The monoisotopic (exact) mass is 299 g/mol. The van der Waals surface area contributed by atoms with Crippen LogP contribution in [0.25, 0.3) is 11.0 Å². The molecule has 0 amide bonds. The predicted molar refractivity (Wildman–Crippen MR) is 70.5 cm³/mol. The third-order valence-electron chi connectivity index (χ3n) is 2.65. The van der Waals surface area contributed by atoms with E-state index >= 15 is 0 Å². The van der Waals surface area contributed by atoms with E-state index in [0.29, 0.717) is 4.47 Å². The Bertz CT molecular complexity index is 485. The van der Waals surface area contributed by atoms with Crippen molar-refractivity contribution >= 4 is 27.0 Å². The van der Waals surface area contributed by atoms with Crippen LogP contribution < -0.4 is 5.32 Å². The quantitative estimate of drug-likeness (QED) is 0.907. The lowest BCUT2D eigenvalue weighted by molar-refractivity contribution is 0.550. The highest BCUT2D eigenvalue weighted by Crippen LogP contribution is 2.23. The van der Waals surface area contributed by atoms with Gasteiger partial charge >= 0.3 is 0 Å². The molecule has 1 aromatic heterocycles. The molecule has 3 nitrogen and oxygen atoms in total. The van der Waals surface area contributed by atoms with Crippen molar-refractivity contribution in [2.45, 2.75) is 26.3 Å². The van der Waals surface area contributed by atoms with Crippen LogP contribution in [0.15, 0.2) is 16.6 Å². The fraction of sp³-hybridized carbons (Fsp3) is 0.417. The number of nitrogens with one attached hydrogen (secondary N) is 2. The number of hydrogen-bond donors (Lipinski definition) is 2. The number of nitrogens with zero attached hydrogens (tertiary/aromatic N) is 1. The van der Waals surface area contributed by atoms with E-state index in [4.69, 9.17) is 0 Å². The number of H-pyrrole nitrogens is 1. The minimum atomic E-state index is -0.276. The lowest BCUT2D eigenvalue weighted by Gasteiger charge is -2.09. The average molecular weight is 300 g/mol. The van der Waals surface area contributed by atoms with Crippen molar-refractivity contribution in [3.8, 4) is 0 Å². The highest BCUT2D eigenvalue weighted by atomic mass is 79.9. The molecule has 2 N–H and O–H groups in total. The number of halogens is 2. The van der Waals surface area contributed by atoms with Gasteiger partial charge in [0.25, 0.3) is 0 Å². The van der Waals surface area contributed by atoms with E-state index in [1.165, 1.54) is 6.07 Å². The minimum absolute atomic E-state index is 0.143. The number of aromatic nitrogens is 2. The zero-order valence-corrected chi connectivity index (χ0v) is 11.4. The van der Waals surface area contributed by atoms with Gasteiger partial charge < -0.3 is 10.3 Å². The Balaban J connectivity index is 2.31. The zero-order valence-electron chi connectivity index (χ0n) is 9.85. The molecule has 0 aliphatic heterocycles. The lowest BCUT2D eigenvalue weighted by atomic mass is 10.3. The van der Waals surface area contributed by atoms with E-state index in [0.717, 1.165) is 29.8 Å². The van der Waals surface area contributed by atoms with Gasteiger partial charge in [0.15, 0.2) is 0 Å². The maximum atomic E-state index is 13.4. The molecule has 1 heterocycles. The molecule has 0 radical (unpaired) electrons. The van der Waals surface area contributed by atoms with Gasteiger partial charge in [-0.3, -0.25) is 0 Å². The van der Waals surface area contributed by atoms with Crippen molar-refractivity contribution in [2.24, 2.45) is 0 Å². The summed E-state index contributed by atoms with van der Waals surface area (Å²) in [6.07, 6.45) is 1.07. The van der Waals surface area contributed by atoms with Crippen molar-refractivity contribution in [3.05, 3.63) is 28.2 Å². The first-order chi connectivity index (χ1) is 8.11. The molecule has 17 heavy (non-hydrogen) atoms. The topological polar surface area (TPSA) is 40.7 Å². The molecule has 2 rings (SSSR count). The summed E-state index contributed by atoms with van der Waals surface area (Å²) in [7, 11) is 0. The molecule has 1 atom stereocenters. The Hall–Kier alpha value is -0.940. The smallest absolute Gasteiger partial charge is 0.139 e. The third kappa shape index (κ3) is 2.66. The summed E-state index contributed by atoms with van der Waals surface area (Å²) in [6.45, 7) is 5.10. The molecule has 92 valence electrons. The van der Waals surface area contributed by atoms with Crippen molar-refractivity contribution in [3.63, 3.8) is 0 Å². The largest absolute Gasteiger partial charge is 0.341 e. The summed E-state index contributed by atoms with van der Waals surface area (Å²) in [5.41, 5.74) is 1.50. The normalized spacial score (nSPS) is 13.2. The number of aromatic amines is 1. The van der Waals surface area contributed by atoms with E-state index in [9.17, 15) is 4.39 Å². The van der Waals surface area contributed by atoms with E-state index in [2.05, 4.69) is 38.1 Å². The Morgan fingerprint density at radius 2 is 2.29 bits per heavy atom. The van der Waals surface area contributed by atoms with Crippen molar-refractivity contribution in [1.82, 2.24) is 15.3 Å². The molecule has 5 heteroatoms. The van der Waals surface area contributed by atoms with Gasteiger partial charge in [-0.1, -0.05) is 6.92 Å². The molecule has 0 aliphatic rings. The minimum Gasteiger partial charge on any atom is -0.341 e. The van der Waals surface area contributed by atoms with Gasteiger partial charge in [0.2, 0.25) is 0 Å². The average Bonchev–Trinajstić information content (AvgIpc) is 2.69. The Morgan fingerprint density at radius 1 is 1.53 bits per heavy atom. The SMILES string of the molecule is CCCNC(C)c1nc2cc(Br)c(F)cc2[nH]1. The Morgan fingerprint density at radius 3 is 3.00 bits per heavy atom. The van der Waals surface area contributed by atoms with Crippen LogP contribution in [0.2, 0.25) is 0 Å². The second-order valence-electron chi connectivity index (χ2n) is 4.08. The van der Waals surface area contributed by atoms with Crippen LogP contribution in [0.5, 0.6) is 0 Å². The fourth-order valence-corrected chi connectivity index (χ4v) is 2.02. The number of rotatable bonds is 4. The van der Waals surface area contributed by atoms with Crippen LogP contribution in [0.1, 0.15) is 32.1 Å². The van der Waals surface area contributed by atoms with Crippen LogP contribution in [0.4, 0.5) is 4.39 Å². The van der Waals surface area contributed by atoms with E-state index in [1.807, 2.05) is 6.92 Å². The predicted octanol–water partition coefficient (Wildman–Crippen LogP) is 3.53. The summed E-state index contributed by atoms with van der Waals surface area (Å²) in [5, 5.41) is 3.34. The molecule has 0 bridgehead atoms. The summed E-state index contributed by atoms with van der Waals surface area (Å²) in [4.78, 5) is 7.59. The standard InChI is InChI=1S/C12H15BrFN3/c1-3-4-15-7(2)12-16-10-5-8(13)9(14)6-11(10)17-12/h5-7,15H,3-4H2,1-2H3,(H,16,17). The number of fused-ring (bicyclic) bond motifs is 1. The van der Waals surface area contributed by atoms with E-state index in [1.54, 1.807) is 6.07 Å². The molecule has 0 aliphatic carbocycles. The molecule has 0 spiro atoms. The van der Waals surface area contributed by atoms with Gasteiger partial charge in [-0.2, -0.15) is 0 Å². The highest BCUT2D eigenvalue weighted by Gasteiger charge is 2.11. The third-order valence-corrected chi connectivity index (χ3v) is 3.26. The van der Waals surface area contributed by atoms with Gasteiger partial charge in [-0.05, 0) is 41.9 Å². The van der Waals surface area contributed by atoms with Crippen LogP contribution in [-0.2, 0) is 0 Å². The van der Waals surface area contributed by atoms with Crippen LogP contribution >= 0.6 is 15.9 Å². The van der Waals surface area contributed by atoms with Gasteiger partial charge in [0.1, 0.15) is 11.6 Å². The maximum absolute atomic E-state index is 13.4. The van der Waals surface area contributed by atoms with Gasteiger partial charge in [0, 0.05) is 6.07 Å². The van der Waals surface area contributed by atoms with Crippen molar-refractivity contribution < 1.29 is 4.39 Å². The van der Waals surface area contributed by atoms with Gasteiger partial charge in [-0.25, -0.2) is 9.37 Å². The fourth-order valence-electron chi connectivity index (χ4n) is 1.69. The molecule has 1 aromatic carbocycles. The highest BCUT2D eigenvalue weighted by molar-refractivity contribution is 9.10. The van der Waals surface area contributed by atoms with Gasteiger partial charge in [0.05, 0.1) is 21.5 Å². The molecule has 0 saturated heterocycles.